The fourth-order valence-electron chi connectivity index (χ4n) is 11.9. The van der Waals surface area contributed by atoms with E-state index in [1.807, 2.05) is 0 Å². The monoisotopic (exact) mass is 902 g/mol. The minimum absolute atomic E-state index is 0.662. The molecule has 71 heavy (non-hydrogen) atoms. The molecule has 2 nitrogen and oxygen atoms in total. The Morgan fingerprint density at radius 2 is 0.803 bits per heavy atom. The summed E-state index contributed by atoms with van der Waals surface area (Å²) in [7, 11) is 0. The van der Waals surface area contributed by atoms with Crippen molar-refractivity contribution in [3.05, 3.63) is 301 Å². The first-order valence-electron chi connectivity index (χ1n) is 24.6. The minimum atomic E-state index is -0.662. The van der Waals surface area contributed by atoms with Crippen molar-refractivity contribution in [1.29, 1.82) is 0 Å². The van der Waals surface area contributed by atoms with Crippen LogP contribution in [-0.2, 0) is 5.41 Å². The molecule has 1 aliphatic carbocycles. The molecule has 0 N–H and O–H groups in total. The molecule has 0 spiro atoms. The van der Waals surface area contributed by atoms with Crippen molar-refractivity contribution < 1.29 is 0 Å². The summed E-state index contributed by atoms with van der Waals surface area (Å²) in [6.07, 6.45) is 0. The number of benzene rings is 12. The Kier molecular flexibility index (Phi) is 9.47. The van der Waals surface area contributed by atoms with E-state index in [0.717, 1.165) is 22.7 Å². The lowest BCUT2D eigenvalue weighted by molar-refractivity contribution is 0.768. The quantitative estimate of drug-likeness (QED) is 0.150. The van der Waals surface area contributed by atoms with Crippen LogP contribution in [-0.4, -0.2) is 0 Å². The third kappa shape index (κ3) is 6.42. The lowest BCUT2D eigenvalue weighted by atomic mass is 9.67. The first-order valence-corrected chi connectivity index (χ1v) is 24.6. The highest BCUT2D eigenvalue weighted by Crippen LogP contribution is 2.60. The Morgan fingerprint density at radius 3 is 1.42 bits per heavy atom. The normalized spacial score (nSPS) is 12.9. The molecule has 12 aromatic rings. The van der Waals surface area contributed by atoms with Gasteiger partial charge in [0.05, 0.1) is 16.8 Å². The zero-order valence-electron chi connectivity index (χ0n) is 39.0. The lowest BCUT2D eigenvalue weighted by Gasteiger charge is -2.37. The summed E-state index contributed by atoms with van der Waals surface area (Å²) < 4.78 is 0. The van der Waals surface area contributed by atoms with Gasteiger partial charge in [0.2, 0.25) is 0 Å². The van der Waals surface area contributed by atoms with Crippen molar-refractivity contribution in [2.24, 2.45) is 0 Å². The molecule has 0 amide bonds. The molecule has 0 radical (unpaired) electrons. The molecule has 332 valence electrons. The third-order valence-corrected chi connectivity index (χ3v) is 15.0. The summed E-state index contributed by atoms with van der Waals surface area (Å²) >= 11 is 0. The fraction of sp³-hybridized carbons (Fsp3) is 0.0145. The number of nitrogens with zero attached hydrogens (tertiary/aromatic N) is 2. The van der Waals surface area contributed by atoms with Gasteiger partial charge < -0.3 is 9.80 Å². The molecule has 0 saturated heterocycles. The van der Waals surface area contributed by atoms with Gasteiger partial charge in [-0.1, -0.05) is 218 Å². The summed E-state index contributed by atoms with van der Waals surface area (Å²) in [5.74, 6) is 0. The molecule has 14 rings (SSSR count). The van der Waals surface area contributed by atoms with Crippen molar-refractivity contribution in [2.45, 2.75) is 5.41 Å². The number of anilines is 6. The number of fused-ring (bicyclic) bond motifs is 7. The first-order chi connectivity index (χ1) is 35.2. The average molecular weight is 903 g/mol. The van der Waals surface area contributed by atoms with Crippen LogP contribution < -0.4 is 9.80 Å². The van der Waals surface area contributed by atoms with Crippen LogP contribution in [0, 0.1) is 0 Å². The number of hydrogen-bond acceptors (Lipinski definition) is 2. The van der Waals surface area contributed by atoms with Crippen LogP contribution in [0.1, 0.15) is 22.3 Å². The molecular weight excluding hydrogens is 857 g/mol. The van der Waals surface area contributed by atoms with Gasteiger partial charge in [0, 0.05) is 33.7 Å². The van der Waals surface area contributed by atoms with Gasteiger partial charge in [0.15, 0.2) is 0 Å². The average Bonchev–Trinajstić information content (AvgIpc) is 3.74. The highest BCUT2D eigenvalue weighted by atomic mass is 15.2. The van der Waals surface area contributed by atoms with Gasteiger partial charge in [0.25, 0.3) is 0 Å². The maximum atomic E-state index is 2.52. The van der Waals surface area contributed by atoms with E-state index in [2.05, 4.69) is 289 Å². The van der Waals surface area contributed by atoms with Crippen molar-refractivity contribution in [3.63, 3.8) is 0 Å². The number of hydrogen-bond donors (Lipinski definition) is 0. The standard InChI is InChI=1S/C69H46N2/c1-5-17-47(18-6-1)49-31-36-55(37-32-49)70(56-38-33-50(34-39-56)48-19-7-2-8-20-48)57-40-42-60-61-43-41-58(46-64(61)69(63(60)45-57,53-24-9-3-10-25-53)54-26-11-4-12-27-54)71-65-30-16-23-52-22-15-29-62(67(52)65)68-59-28-14-13-21-51(59)35-44-66(68)71/h1-46H. The Hall–Kier alpha value is -9.24. The van der Waals surface area contributed by atoms with Gasteiger partial charge in [-0.3, -0.25) is 0 Å². The molecule has 1 heterocycles. The van der Waals surface area contributed by atoms with Gasteiger partial charge in [-0.05, 0) is 138 Å². The zero-order valence-corrected chi connectivity index (χ0v) is 39.0. The van der Waals surface area contributed by atoms with Crippen LogP contribution in [0.15, 0.2) is 279 Å². The van der Waals surface area contributed by atoms with Crippen LogP contribution in [0.25, 0.3) is 66.1 Å². The van der Waals surface area contributed by atoms with E-state index in [-0.39, 0.29) is 0 Å². The molecule has 0 bridgehead atoms. The zero-order chi connectivity index (χ0) is 46.9. The SMILES string of the molecule is c1ccc(-c2ccc(N(c3ccc(-c4ccccc4)cc3)c3ccc4c(c3)C(c3ccccc3)(c3ccccc3)c3cc(N5c6ccc7ccccc7c6-c6cccc7cccc5c67)ccc3-4)cc2)cc1. The van der Waals surface area contributed by atoms with Crippen LogP contribution >= 0.6 is 0 Å². The molecule has 0 aromatic heterocycles. The highest BCUT2D eigenvalue weighted by molar-refractivity contribution is 6.19. The molecule has 0 saturated carbocycles. The summed E-state index contributed by atoms with van der Waals surface area (Å²) in [5, 5.41) is 5.01. The maximum absolute atomic E-state index is 2.52. The maximum Gasteiger partial charge on any atom is 0.0715 e. The van der Waals surface area contributed by atoms with Crippen molar-refractivity contribution in [1.82, 2.24) is 0 Å². The Bertz CT molecular complexity index is 3830. The fourth-order valence-corrected chi connectivity index (χ4v) is 11.9. The van der Waals surface area contributed by atoms with E-state index in [1.54, 1.807) is 0 Å². The third-order valence-electron chi connectivity index (χ3n) is 15.0. The van der Waals surface area contributed by atoms with Gasteiger partial charge in [-0.2, -0.15) is 0 Å². The van der Waals surface area contributed by atoms with E-state index < -0.39 is 5.41 Å². The van der Waals surface area contributed by atoms with Crippen LogP contribution in [0.2, 0.25) is 0 Å². The van der Waals surface area contributed by atoms with Crippen molar-refractivity contribution >= 4 is 55.7 Å². The van der Waals surface area contributed by atoms with Crippen LogP contribution in [0.4, 0.5) is 34.1 Å². The Labute approximate surface area is 414 Å². The van der Waals surface area contributed by atoms with Crippen molar-refractivity contribution in [3.8, 4) is 44.5 Å². The summed E-state index contributed by atoms with van der Waals surface area (Å²) in [4.78, 5) is 4.94. The summed E-state index contributed by atoms with van der Waals surface area (Å²) in [6, 6.07) is 103. The van der Waals surface area contributed by atoms with E-state index in [4.69, 9.17) is 0 Å². The molecule has 0 unspecified atom stereocenters. The van der Waals surface area contributed by atoms with Crippen molar-refractivity contribution in [2.75, 3.05) is 9.80 Å². The smallest absolute Gasteiger partial charge is 0.0715 e. The second kappa shape index (κ2) is 16.5. The number of rotatable bonds is 8. The second-order valence-electron chi connectivity index (χ2n) is 18.8. The summed E-state index contributed by atoms with van der Waals surface area (Å²) in [6.45, 7) is 0. The molecular formula is C69H46N2. The molecule has 1 aliphatic heterocycles. The molecule has 2 aliphatic rings. The van der Waals surface area contributed by atoms with Crippen LogP contribution in [0.3, 0.4) is 0 Å². The topological polar surface area (TPSA) is 6.48 Å². The van der Waals surface area contributed by atoms with Gasteiger partial charge in [-0.15, -0.1) is 0 Å². The Balaban J connectivity index is 0.997. The largest absolute Gasteiger partial charge is 0.310 e. The van der Waals surface area contributed by atoms with Gasteiger partial charge >= 0.3 is 0 Å². The van der Waals surface area contributed by atoms with E-state index in [0.29, 0.717) is 0 Å². The molecule has 2 heteroatoms. The predicted molar refractivity (Wildman–Crippen MR) is 298 cm³/mol. The minimum Gasteiger partial charge on any atom is -0.310 e. The van der Waals surface area contributed by atoms with Gasteiger partial charge in [-0.25, -0.2) is 0 Å². The molecule has 12 aromatic carbocycles. The van der Waals surface area contributed by atoms with Gasteiger partial charge in [0.1, 0.15) is 0 Å². The van der Waals surface area contributed by atoms with Crippen LogP contribution in [0.5, 0.6) is 0 Å². The second-order valence-corrected chi connectivity index (χ2v) is 18.8. The van der Waals surface area contributed by atoms with E-state index in [1.165, 1.54) is 99.7 Å². The molecule has 0 fully saturated rings. The van der Waals surface area contributed by atoms with E-state index in [9.17, 15) is 0 Å². The summed E-state index contributed by atoms with van der Waals surface area (Å²) in [5.41, 5.74) is 20.9. The predicted octanol–water partition coefficient (Wildman–Crippen LogP) is 18.6. The lowest BCUT2D eigenvalue weighted by Crippen LogP contribution is -2.29. The Morgan fingerprint density at radius 1 is 0.310 bits per heavy atom. The molecule has 0 atom stereocenters. The highest BCUT2D eigenvalue weighted by Gasteiger charge is 2.47. The van der Waals surface area contributed by atoms with E-state index >= 15 is 0 Å². The first kappa shape index (κ1) is 40.8.